The maximum absolute atomic E-state index is 6.05. The molecule has 4 rings (SSSR count). The molecular formula is C19H21N5. The van der Waals surface area contributed by atoms with Gasteiger partial charge in [-0.05, 0) is 18.1 Å². The van der Waals surface area contributed by atoms with E-state index in [0.29, 0.717) is 5.82 Å². The molecule has 3 heterocycles. The number of aromatic amines is 1. The molecule has 0 saturated carbocycles. The summed E-state index contributed by atoms with van der Waals surface area (Å²) in [7, 11) is 0. The molecule has 24 heavy (non-hydrogen) atoms. The number of aromatic nitrogens is 3. The van der Waals surface area contributed by atoms with Crippen molar-refractivity contribution in [2.45, 2.75) is 25.4 Å². The minimum absolute atomic E-state index is 0.252. The van der Waals surface area contributed by atoms with Crippen molar-refractivity contribution in [1.82, 2.24) is 19.9 Å². The Balaban J connectivity index is 1.64. The average Bonchev–Trinajstić information content (AvgIpc) is 3.09. The molecule has 0 fully saturated rings. The molecule has 1 aliphatic heterocycles. The predicted octanol–water partition coefficient (Wildman–Crippen LogP) is 2.73. The molecular weight excluding hydrogens is 298 g/mol. The lowest BCUT2D eigenvalue weighted by molar-refractivity contribution is 0.171. The van der Waals surface area contributed by atoms with Gasteiger partial charge in [-0.1, -0.05) is 36.4 Å². The first kappa shape index (κ1) is 14.9. The third-order valence-electron chi connectivity index (χ3n) is 4.73. The highest BCUT2D eigenvalue weighted by molar-refractivity contribution is 5.38. The Morgan fingerprint density at radius 3 is 2.83 bits per heavy atom. The second-order valence-corrected chi connectivity index (χ2v) is 6.24. The van der Waals surface area contributed by atoms with Crippen LogP contribution in [0.15, 0.2) is 55.0 Å². The van der Waals surface area contributed by atoms with Crippen LogP contribution in [0.3, 0.4) is 0 Å². The minimum atomic E-state index is 0.252. The second kappa shape index (κ2) is 6.45. The normalized spacial score (nSPS) is 17.6. The van der Waals surface area contributed by atoms with E-state index < -0.39 is 0 Å². The van der Waals surface area contributed by atoms with Gasteiger partial charge < -0.3 is 10.7 Å². The number of imidazole rings is 1. The molecule has 1 aromatic carbocycles. The van der Waals surface area contributed by atoms with Gasteiger partial charge in [-0.15, -0.1) is 0 Å². The number of nitrogen functional groups attached to an aromatic ring is 1. The van der Waals surface area contributed by atoms with E-state index in [1.165, 1.54) is 11.3 Å². The lowest BCUT2D eigenvalue weighted by atomic mass is 9.95. The van der Waals surface area contributed by atoms with Crippen molar-refractivity contribution in [2.24, 2.45) is 0 Å². The standard InChI is InChI=1S/C19H21N5/c20-19-15(7-4-9-21-19)12-24-10-8-16-18(23-13-22-16)17(24)11-14-5-2-1-3-6-14/h1-7,9,13,17H,8,10-12H2,(H2,20,21)(H,22,23)/t17-/m0/s1. The fourth-order valence-corrected chi connectivity index (χ4v) is 3.46. The first-order chi connectivity index (χ1) is 11.8. The summed E-state index contributed by atoms with van der Waals surface area (Å²) >= 11 is 0. The first-order valence-corrected chi connectivity index (χ1v) is 8.31. The van der Waals surface area contributed by atoms with Crippen molar-refractivity contribution in [3.05, 3.63) is 77.5 Å². The molecule has 2 aromatic heterocycles. The zero-order chi connectivity index (χ0) is 16.4. The van der Waals surface area contributed by atoms with E-state index >= 15 is 0 Å². The lowest BCUT2D eigenvalue weighted by Crippen LogP contribution is -2.36. The fourth-order valence-electron chi connectivity index (χ4n) is 3.46. The van der Waals surface area contributed by atoms with Crippen molar-refractivity contribution >= 4 is 5.82 Å². The fraction of sp³-hybridized carbons (Fsp3) is 0.263. The van der Waals surface area contributed by atoms with E-state index in [0.717, 1.165) is 37.2 Å². The smallest absolute Gasteiger partial charge is 0.127 e. The SMILES string of the molecule is Nc1ncccc1CN1CCc2[nH]cnc2[C@@H]1Cc1ccccc1. The Bertz CT molecular complexity index is 811. The maximum Gasteiger partial charge on any atom is 0.127 e. The Labute approximate surface area is 141 Å². The van der Waals surface area contributed by atoms with Gasteiger partial charge in [-0.25, -0.2) is 9.97 Å². The monoisotopic (exact) mass is 319 g/mol. The van der Waals surface area contributed by atoms with Crippen LogP contribution in [0.4, 0.5) is 5.82 Å². The number of rotatable bonds is 4. The summed E-state index contributed by atoms with van der Waals surface area (Å²) in [6.07, 6.45) is 5.48. The molecule has 1 aliphatic rings. The van der Waals surface area contributed by atoms with Crippen LogP contribution in [0.25, 0.3) is 0 Å². The molecule has 3 aromatic rings. The number of anilines is 1. The molecule has 0 unspecified atom stereocenters. The zero-order valence-corrected chi connectivity index (χ0v) is 13.5. The van der Waals surface area contributed by atoms with E-state index in [2.05, 4.69) is 56.3 Å². The number of hydrogen-bond acceptors (Lipinski definition) is 4. The van der Waals surface area contributed by atoms with Crippen LogP contribution < -0.4 is 5.73 Å². The molecule has 0 bridgehead atoms. The highest BCUT2D eigenvalue weighted by atomic mass is 15.2. The van der Waals surface area contributed by atoms with Crippen LogP contribution in [0.5, 0.6) is 0 Å². The number of H-pyrrole nitrogens is 1. The third kappa shape index (κ3) is 2.90. The van der Waals surface area contributed by atoms with E-state index in [4.69, 9.17) is 5.73 Å². The van der Waals surface area contributed by atoms with Crippen LogP contribution in [-0.4, -0.2) is 26.4 Å². The summed E-state index contributed by atoms with van der Waals surface area (Å²) < 4.78 is 0. The van der Waals surface area contributed by atoms with Crippen LogP contribution in [0.2, 0.25) is 0 Å². The largest absolute Gasteiger partial charge is 0.383 e. The summed E-state index contributed by atoms with van der Waals surface area (Å²) in [6.45, 7) is 1.78. The average molecular weight is 319 g/mol. The number of nitrogens with one attached hydrogen (secondary N) is 1. The molecule has 0 amide bonds. The third-order valence-corrected chi connectivity index (χ3v) is 4.73. The van der Waals surface area contributed by atoms with Gasteiger partial charge in [0.2, 0.25) is 0 Å². The molecule has 0 saturated heterocycles. The van der Waals surface area contributed by atoms with Gasteiger partial charge >= 0.3 is 0 Å². The molecule has 0 aliphatic carbocycles. The Hall–Kier alpha value is -2.66. The number of hydrogen-bond donors (Lipinski definition) is 2. The summed E-state index contributed by atoms with van der Waals surface area (Å²) in [5, 5.41) is 0. The minimum Gasteiger partial charge on any atom is -0.383 e. The van der Waals surface area contributed by atoms with E-state index in [-0.39, 0.29) is 6.04 Å². The van der Waals surface area contributed by atoms with Gasteiger partial charge in [0.1, 0.15) is 5.82 Å². The zero-order valence-electron chi connectivity index (χ0n) is 13.5. The number of fused-ring (bicyclic) bond motifs is 1. The molecule has 122 valence electrons. The topological polar surface area (TPSA) is 70.8 Å². The van der Waals surface area contributed by atoms with Crippen LogP contribution >= 0.6 is 0 Å². The molecule has 5 nitrogen and oxygen atoms in total. The van der Waals surface area contributed by atoms with Crippen molar-refractivity contribution in [1.29, 1.82) is 0 Å². The molecule has 1 atom stereocenters. The second-order valence-electron chi connectivity index (χ2n) is 6.24. The first-order valence-electron chi connectivity index (χ1n) is 8.31. The van der Waals surface area contributed by atoms with Crippen LogP contribution in [0.1, 0.15) is 28.6 Å². The predicted molar refractivity (Wildman–Crippen MR) is 94.2 cm³/mol. The number of nitrogens with two attached hydrogens (primary N) is 1. The van der Waals surface area contributed by atoms with Crippen molar-refractivity contribution in [2.75, 3.05) is 12.3 Å². The van der Waals surface area contributed by atoms with Gasteiger partial charge in [-0.3, -0.25) is 4.90 Å². The Morgan fingerprint density at radius 1 is 1.12 bits per heavy atom. The molecule has 0 spiro atoms. The van der Waals surface area contributed by atoms with Gasteiger partial charge in [0, 0.05) is 37.0 Å². The van der Waals surface area contributed by atoms with Crippen molar-refractivity contribution in [3.8, 4) is 0 Å². The highest BCUT2D eigenvalue weighted by Crippen LogP contribution is 2.32. The molecule has 0 radical (unpaired) electrons. The summed E-state index contributed by atoms with van der Waals surface area (Å²) in [4.78, 5) is 14.6. The quantitative estimate of drug-likeness (QED) is 0.776. The van der Waals surface area contributed by atoms with Gasteiger partial charge in [0.05, 0.1) is 18.1 Å². The van der Waals surface area contributed by atoms with E-state index in [9.17, 15) is 0 Å². The molecule has 3 N–H and O–H groups in total. The van der Waals surface area contributed by atoms with Crippen molar-refractivity contribution < 1.29 is 0 Å². The van der Waals surface area contributed by atoms with E-state index in [1.54, 1.807) is 6.20 Å². The lowest BCUT2D eigenvalue weighted by Gasteiger charge is -2.35. The summed E-state index contributed by atoms with van der Waals surface area (Å²) in [5.41, 5.74) is 10.9. The summed E-state index contributed by atoms with van der Waals surface area (Å²) in [6, 6.07) is 14.8. The van der Waals surface area contributed by atoms with Gasteiger partial charge in [0.25, 0.3) is 0 Å². The van der Waals surface area contributed by atoms with Crippen LogP contribution in [-0.2, 0) is 19.4 Å². The summed E-state index contributed by atoms with van der Waals surface area (Å²) in [5.74, 6) is 0.615. The Morgan fingerprint density at radius 2 is 2.00 bits per heavy atom. The highest BCUT2D eigenvalue weighted by Gasteiger charge is 2.30. The maximum atomic E-state index is 6.05. The van der Waals surface area contributed by atoms with Gasteiger partial charge in [-0.2, -0.15) is 0 Å². The number of pyridine rings is 1. The van der Waals surface area contributed by atoms with Crippen LogP contribution in [0, 0.1) is 0 Å². The Kier molecular flexibility index (Phi) is 4.01. The number of benzene rings is 1. The number of nitrogens with zero attached hydrogens (tertiary/aromatic N) is 3. The van der Waals surface area contributed by atoms with Crippen molar-refractivity contribution in [3.63, 3.8) is 0 Å². The van der Waals surface area contributed by atoms with E-state index in [1.807, 2.05) is 12.4 Å². The van der Waals surface area contributed by atoms with Gasteiger partial charge in [0.15, 0.2) is 0 Å². The molecule has 5 heteroatoms.